The van der Waals surface area contributed by atoms with Crippen LogP contribution in [0.15, 0.2) is 36.4 Å². The molecule has 0 spiro atoms. The first-order valence-corrected chi connectivity index (χ1v) is 7.65. The van der Waals surface area contributed by atoms with E-state index in [4.69, 9.17) is 15.2 Å². The lowest BCUT2D eigenvalue weighted by molar-refractivity contribution is 0.171. The van der Waals surface area contributed by atoms with Gasteiger partial charge in [-0.1, -0.05) is 24.3 Å². The van der Waals surface area contributed by atoms with Crippen LogP contribution in [-0.4, -0.2) is 13.2 Å². The van der Waals surface area contributed by atoms with E-state index in [9.17, 15) is 0 Å². The summed E-state index contributed by atoms with van der Waals surface area (Å²) in [6.45, 7) is 3.30. The largest absolute Gasteiger partial charge is 0.486 e. The van der Waals surface area contributed by atoms with Crippen molar-refractivity contribution < 1.29 is 9.47 Å². The van der Waals surface area contributed by atoms with Crippen molar-refractivity contribution in [3.8, 4) is 11.5 Å². The number of ether oxygens (including phenoxy) is 2. The van der Waals surface area contributed by atoms with E-state index in [1.54, 1.807) is 0 Å². The third-order valence-corrected chi connectivity index (χ3v) is 4.96. The van der Waals surface area contributed by atoms with E-state index >= 15 is 0 Å². The third kappa shape index (κ3) is 2.50. The van der Waals surface area contributed by atoms with Crippen LogP contribution >= 0.6 is 22.6 Å². The molecule has 3 rings (SSSR count). The normalized spacial score (nSPS) is 14.9. The molecule has 1 atom stereocenters. The van der Waals surface area contributed by atoms with Crippen molar-refractivity contribution in [1.29, 1.82) is 0 Å². The minimum atomic E-state index is -0.155. The van der Waals surface area contributed by atoms with Gasteiger partial charge in [0.15, 0.2) is 11.5 Å². The van der Waals surface area contributed by atoms with Gasteiger partial charge in [-0.05, 0) is 58.3 Å². The lowest BCUT2D eigenvalue weighted by Gasteiger charge is -2.21. The van der Waals surface area contributed by atoms with Gasteiger partial charge in [0.05, 0.1) is 6.04 Å². The predicted octanol–water partition coefficient (Wildman–Crippen LogP) is 3.42. The van der Waals surface area contributed by atoms with Crippen molar-refractivity contribution in [3.63, 3.8) is 0 Å². The second-order valence-electron chi connectivity index (χ2n) is 4.86. The van der Waals surface area contributed by atoms with Crippen LogP contribution in [0.3, 0.4) is 0 Å². The van der Waals surface area contributed by atoms with Crippen molar-refractivity contribution in [1.82, 2.24) is 0 Å². The molecule has 20 heavy (non-hydrogen) atoms. The summed E-state index contributed by atoms with van der Waals surface area (Å²) < 4.78 is 12.4. The molecular formula is C16H16INO2. The number of aryl methyl sites for hydroxylation is 1. The van der Waals surface area contributed by atoms with Gasteiger partial charge in [-0.15, -0.1) is 0 Å². The van der Waals surface area contributed by atoms with E-state index in [-0.39, 0.29) is 6.04 Å². The average Bonchev–Trinajstić information content (AvgIpc) is 2.49. The Morgan fingerprint density at radius 1 is 1.10 bits per heavy atom. The van der Waals surface area contributed by atoms with Gasteiger partial charge in [-0.2, -0.15) is 0 Å². The van der Waals surface area contributed by atoms with Crippen LogP contribution in [0.2, 0.25) is 0 Å². The van der Waals surface area contributed by atoms with Gasteiger partial charge >= 0.3 is 0 Å². The molecule has 4 heteroatoms. The number of hydrogen-bond donors (Lipinski definition) is 1. The number of nitrogens with two attached hydrogens (primary N) is 1. The highest BCUT2D eigenvalue weighted by molar-refractivity contribution is 14.1. The SMILES string of the molecule is Cc1cccc(C(N)c2ccc3c(c2)OCCO3)c1I. The molecule has 1 aliphatic rings. The summed E-state index contributed by atoms with van der Waals surface area (Å²) in [7, 11) is 0. The molecule has 0 aliphatic carbocycles. The average molecular weight is 381 g/mol. The molecule has 3 nitrogen and oxygen atoms in total. The number of fused-ring (bicyclic) bond motifs is 1. The summed E-state index contributed by atoms with van der Waals surface area (Å²) in [5.74, 6) is 1.58. The van der Waals surface area contributed by atoms with Crippen molar-refractivity contribution in [2.75, 3.05) is 13.2 Å². The topological polar surface area (TPSA) is 44.5 Å². The Hall–Kier alpha value is -1.27. The number of halogens is 1. The van der Waals surface area contributed by atoms with Crippen molar-refractivity contribution in [3.05, 3.63) is 56.7 Å². The van der Waals surface area contributed by atoms with Crippen LogP contribution in [0.5, 0.6) is 11.5 Å². The van der Waals surface area contributed by atoms with Gasteiger partial charge in [0.25, 0.3) is 0 Å². The molecule has 0 amide bonds. The minimum Gasteiger partial charge on any atom is -0.486 e. The van der Waals surface area contributed by atoms with Crippen LogP contribution in [0.1, 0.15) is 22.7 Å². The van der Waals surface area contributed by atoms with E-state index in [1.165, 1.54) is 9.13 Å². The molecule has 0 aromatic heterocycles. The molecule has 0 fully saturated rings. The molecule has 2 aromatic rings. The summed E-state index contributed by atoms with van der Waals surface area (Å²) in [5, 5.41) is 0. The lowest BCUT2D eigenvalue weighted by Crippen LogP contribution is -2.17. The van der Waals surface area contributed by atoms with E-state index < -0.39 is 0 Å². The fraction of sp³-hybridized carbons (Fsp3) is 0.250. The second-order valence-corrected chi connectivity index (χ2v) is 5.94. The van der Waals surface area contributed by atoms with Crippen molar-refractivity contribution in [2.45, 2.75) is 13.0 Å². The van der Waals surface area contributed by atoms with E-state index in [0.717, 1.165) is 22.6 Å². The first kappa shape index (κ1) is 13.7. The quantitative estimate of drug-likeness (QED) is 0.811. The first-order valence-electron chi connectivity index (χ1n) is 6.57. The molecule has 2 aromatic carbocycles. The Morgan fingerprint density at radius 2 is 1.85 bits per heavy atom. The van der Waals surface area contributed by atoms with Crippen LogP contribution < -0.4 is 15.2 Å². The Morgan fingerprint density at radius 3 is 2.65 bits per heavy atom. The standard InChI is InChI=1S/C16H16INO2/c1-10-3-2-4-12(15(10)17)16(18)11-5-6-13-14(9-11)20-8-7-19-13/h2-6,9,16H,7-8,18H2,1H3. The maximum Gasteiger partial charge on any atom is 0.161 e. The fourth-order valence-electron chi connectivity index (χ4n) is 2.34. The third-order valence-electron chi connectivity index (χ3n) is 3.48. The molecule has 0 radical (unpaired) electrons. The van der Waals surface area contributed by atoms with Crippen LogP contribution in [0.4, 0.5) is 0 Å². The fourth-order valence-corrected chi connectivity index (χ4v) is 3.04. The lowest BCUT2D eigenvalue weighted by atomic mass is 9.98. The van der Waals surface area contributed by atoms with E-state index in [2.05, 4.69) is 41.6 Å². The minimum absolute atomic E-state index is 0.155. The summed E-state index contributed by atoms with van der Waals surface area (Å²) in [6, 6.07) is 12.0. The Labute approximate surface area is 132 Å². The molecule has 2 N–H and O–H groups in total. The summed E-state index contributed by atoms with van der Waals surface area (Å²) >= 11 is 2.35. The molecule has 1 aliphatic heterocycles. The second kappa shape index (κ2) is 5.61. The highest BCUT2D eigenvalue weighted by Gasteiger charge is 2.17. The van der Waals surface area contributed by atoms with E-state index in [1.807, 2.05) is 24.3 Å². The Balaban J connectivity index is 1.98. The van der Waals surface area contributed by atoms with Gasteiger partial charge in [0.2, 0.25) is 0 Å². The summed E-state index contributed by atoms with van der Waals surface area (Å²) in [6.07, 6.45) is 0. The zero-order chi connectivity index (χ0) is 14.1. The zero-order valence-electron chi connectivity index (χ0n) is 11.2. The summed E-state index contributed by atoms with van der Waals surface area (Å²) in [4.78, 5) is 0. The van der Waals surface area contributed by atoms with E-state index in [0.29, 0.717) is 13.2 Å². The molecule has 104 valence electrons. The monoisotopic (exact) mass is 381 g/mol. The number of hydrogen-bond acceptors (Lipinski definition) is 3. The number of benzene rings is 2. The van der Waals surface area contributed by atoms with Crippen LogP contribution in [-0.2, 0) is 0 Å². The molecule has 1 heterocycles. The zero-order valence-corrected chi connectivity index (χ0v) is 13.4. The molecule has 0 saturated heterocycles. The van der Waals surface area contributed by atoms with Crippen molar-refractivity contribution >= 4 is 22.6 Å². The van der Waals surface area contributed by atoms with Crippen LogP contribution in [0.25, 0.3) is 0 Å². The maximum absolute atomic E-state index is 6.42. The Kier molecular flexibility index (Phi) is 3.85. The van der Waals surface area contributed by atoms with Crippen molar-refractivity contribution in [2.24, 2.45) is 5.73 Å². The van der Waals surface area contributed by atoms with Crippen LogP contribution in [0, 0.1) is 10.5 Å². The molecule has 0 saturated carbocycles. The predicted molar refractivity (Wildman–Crippen MR) is 87.4 cm³/mol. The van der Waals surface area contributed by atoms with Gasteiger partial charge in [-0.25, -0.2) is 0 Å². The van der Waals surface area contributed by atoms with Gasteiger partial charge in [0.1, 0.15) is 13.2 Å². The van der Waals surface area contributed by atoms with Gasteiger partial charge < -0.3 is 15.2 Å². The van der Waals surface area contributed by atoms with Gasteiger partial charge in [-0.3, -0.25) is 0 Å². The molecule has 1 unspecified atom stereocenters. The smallest absolute Gasteiger partial charge is 0.161 e. The maximum atomic E-state index is 6.42. The molecular weight excluding hydrogens is 365 g/mol. The van der Waals surface area contributed by atoms with Gasteiger partial charge in [0, 0.05) is 3.57 Å². The summed E-state index contributed by atoms with van der Waals surface area (Å²) in [5.41, 5.74) is 9.84. The highest BCUT2D eigenvalue weighted by Crippen LogP contribution is 2.34. The number of rotatable bonds is 2. The highest BCUT2D eigenvalue weighted by atomic mass is 127. The Bertz CT molecular complexity index is 642. The first-order chi connectivity index (χ1) is 9.66. The molecule has 0 bridgehead atoms.